The summed E-state index contributed by atoms with van der Waals surface area (Å²) in [6.07, 6.45) is -0.630. The van der Waals surface area contributed by atoms with E-state index in [9.17, 15) is 9.50 Å². The molecule has 1 N–H and O–H groups in total. The summed E-state index contributed by atoms with van der Waals surface area (Å²) in [6.45, 7) is 1.63. The Morgan fingerprint density at radius 3 is 2.47 bits per heavy atom. The fourth-order valence-electron chi connectivity index (χ4n) is 1.54. The smallest absolute Gasteiger partial charge is 0.184 e. The third kappa shape index (κ3) is 3.18. The van der Waals surface area contributed by atoms with Crippen LogP contribution in [-0.4, -0.2) is 5.11 Å². The van der Waals surface area contributed by atoms with Gasteiger partial charge in [0.25, 0.3) is 0 Å². The summed E-state index contributed by atoms with van der Waals surface area (Å²) in [7, 11) is 0. The van der Waals surface area contributed by atoms with E-state index in [0.29, 0.717) is 11.3 Å². The molecule has 0 saturated heterocycles. The maximum absolute atomic E-state index is 13.7. The Morgan fingerprint density at radius 2 is 1.84 bits per heavy atom. The van der Waals surface area contributed by atoms with Crippen molar-refractivity contribution < 1.29 is 14.2 Å². The fourth-order valence-corrected chi connectivity index (χ4v) is 1.93. The van der Waals surface area contributed by atoms with E-state index in [1.165, 1.54) is 12.1 Å². The minimum Gasteiger partial charge on any atom is -0.453 e. The molecule has 1 unspecified atom stereocenters. The van der Waals surface area contributed by atoms with Crippen molar-refractivity contribution in [2.75, 3.05) is 0 Å². The van der Waals surface area contributed by atoms with E-state index in [1.54, 1.807) is 31.2 Å². The molecule has 0 amide bonds. The van der Waals surface area contributed by atoms with Crippen molar-refractivity contribution >= 4 is 23.2 Å². The van der Waals surface area contributed by atoms with Crippen LogP contribution in [0.2, 0.25) is 10.0 Å². The van der Waals surface area contributed by atoms with Crippen LogP contribution in [-0.2, 0) is 0 Å². The Morgan fingerprint density at radius 1 is 1.11 bits per heavy atom. The Hall–Kier alpha value is -1.29. The van der Waals surface area contributed by atoms with E-state index in [-0.39, 0.29) is 15.8 Å². The molecular weight excluding hydrogens is 290 g/mol. The Balaban J connectivity index is 2.31. The Bertz CT molecular complexity index is 600. The number of benzene rings is 2. The van der Waals surface area contributed by atoms with Crippen LogP contribution in [0.4, 0.5) is 4.39 Å². The predicted octanol–water partition coefficient (Wildman–Crippen LogP) is 4.98. The van der Waals surface area contributed by atoms with Gasteiger partial charge in [-0.25, -0.2) is 4.39 Å². The molecule has 0 bridgehead atoms. The molecule has 2 nitrogen and oxygen atoms in total. The summed E-state index contributed by atoms with van der Waals surface area (Å²) in [4.78, 5) is 0. The van der Waals surface area contributed by atoms with Gasteiger partial charge < -0.3 is 9.84 Å². The molecule has 0 aliphatic rings. The molecule has 0 aliphatic carbocycles. The number of hydrogen-bond acceptors (Lipinski definition) is 2. The fraction of sp³-hybridized carbons (Fsp3) is 0.143. The first-order chi connectivity index (χ1) is 8.99. The number of hydrogen-bond donors (Lipinski definition) is 1. The van der Waals surface area contributed by atoms with Crippen molar-refractivity contribution in [3.05, 3.63) is 57.8 Å². The summed E-state index contributed by atoms with van der Waals surface area (Å²) < 4.78 is 19.1. The van der Waals surface area contributed by atoms with Crippen molar-refractivity contribution in [2.45, 2.75) is 13.0 Å². The predicted molar refractivity (Wildman–Crippen MR) is 73.6 cm³/mol. The zero-order valence-corrected chi connectivity index (χ0v) is 11.5. The number of halogens is 3. The van der Waals surface area contributed by atoms with Gasteiger partial charge in [0, 0.05) is 0 Å². The summed E-state index contributed by atoms with van der Waals surface area (Å²) in [6, 6.07) is 9.28. The van der Waals surface area contributed by atoms with Crippen molar-refractivity contribution in [1.29, 1.82) is 0 Å². The van der Waals surface area contributed by atoms with Crippen molar-refractivity contribution in [3.8, 4) is 11.5 Å². The van der Waals surface area contributed by atoms with Crippen LogP contribution >= 0.6 is 23.2 Å². The first-order valence-corrected chi connectivity index (χ1v) is 6.34. The molecule has 2 aromatic rings. The van der Waals surface area contributed by atoms with Gasteiger partial charge in [-0.1, -0.05) is 35.3 Å². The molecule has 2 aromatic carbocycles. The maximum atomic E-state index is 13.7. The first-order valence-electron chi connectivity index (χ1n) is 5.58. The highest BCUT2D eigenvalue weighted by atomic mass is 35.5. The molecule has 0 aliphatic heterocycles. The second-order valence-electron chi connectivity index (χ2n) is 4.02. The highest BCUT2D eigenvalue weighted by molar-refractivity contribution is 6.32. The Kier molecular flexibility index (Phi) is 4.30. The standard InChI is InChI=1S/C14H11Cl2FO2/c1-8(18)9-5-6-12(11(16)7-9)19-13-4-2-3-10(15)14(13)17/h2-8,18H,1H3. The molecule has 19 heavy (non-hydrogen) atoms. The molecule has 0 radical (unpaired) electrons. The van der Waals surface area contributed by atoms with Gasteiger partial charge in [-0.3, -0.25) is 0 Å². The lowest BCUT2D eigenvalue weighted by Gasteiger charge is -2.11. The summed E-state index contributed by atoms with van der Waals surface area (Å²) >= 11 is 11.7. The quantitative estimate of drug-likeness (QED) is 0.866. The van der Waals surface area contributed by atoms with Crippen molar-refractivity contribution in [3.63, 3.8) is 0 Å². The summed E-state index contributed by atoms with van der Waals surface area (Å²) in [5, 5.41) is 9.70. The van der Waals surface area contributed by atoms with Gasteiger partial charge in [0.15, 0.2) is 11.6 Å². The molecular formula is C14H11Cl2FO2. The number of ether oxygens (including phenoxy) is 1. The number of rotatable bonds is 3. The van der Waals surface area contributed by atoms with Crippen LogP contribution in [0.3, 0.4) is 0 Å². The number of aliphatic hydroxyl groups is 1. The molecule has 1 atom stereocenters. The van der Waals surface area contributed by atoms with Crippen LogP contribution in [0.1, 0.15) is 18.6 Å². The lowest BCUT2D eigenvalue weighted by molar-refractivity contribution is 0.199. The van der Waals surface area contributed by atoms with Crippen LogP contribution in [0.25, 0.3) is 0 Å². The van der Waals surface area contributed by atoms with Gasteiger partial charge in [-0.15, -0.1) is 0 Å². The minimum absolute atomic E-state index is 0.000744. The molecule has 0 saturated carbocycles. The molecule has 0 heterocycles. The zero-order chi connectivity index (χ0) is 14.0. The molecule has 100 valence electrons. The van der Waals surface area contributed by atoms with E-state index in [2.05, 4.69) is 0 Å². The van der Waals surface area contributed by atoms with Crippen LogP contribution < -0.4 is 4.74 Å². The molecule has 0 spiro atoms. The van der Waals surface area contributed by atoms with Crippen molar-refractivity contribution in [2.24, 2.45) is 0 Å². The Labute approximate surface area is 120 Å². The van der Waals surface area contributed by atoms with Gasteiger partial charge in [-0.2, -0.15) is 0 Å². The largest absolute Gasteiger partial charge is 0.453 e. The third-order valence-corrected chi connectivity index (χ3v) is 3.16. The van der Waals surface area contributed by atoms with Crippen LogP contribution in [0, 0.1) is 5.82 Å². The van der Waals surface area contributed by atoms with E-state index in [1.807, 2.05) is 0 Å². The monoisotopic (exact) mass is 300 g/mol. The summed E-state index contributed by atoms with van der Waals surface area (Å²) in [5.74, 6) is -0.341. The maximum Gasteiger partial charge on any atom is 0.184 e. The minimum atomic E-state index is -0.639. The van der Waals surface area contributed by atoms with E-state index in [0.717, 1.165) is 0 Å². The van der Waals surface area contributed by atoms with Gasteiger partial charge in [0.05, 0.1) is 16.1 Å². The lowest BCUT2D eigenvalue weighted by atomic mass is 10.1. The van der Waals surface area contributed by atoms with Gasteiger partial charge in [0.2, 0.25) is 0 Å². The highest BCUT2D eigenvalue weighted by Crippen LogP contribution is 2.34. The topological polar surface area (TPSA) is 29.5 Å². The first kappa shape index (κ1) is 14.1. The number of aliphatic hydroxyl groups excluding tert-OH is 1. The van der Waals surface area contributed by atoms with E-state index in [4.69, 9.17) is 27.9 Å². The molecule has 5 heteroatoms. The van der Waals surface area contributed by atoms with Gasteiger partial charge in [0.1, 0.15) is 5.75 Å². The average Bonchev–Trinajstić information content (AvgIpc) is 2.37. The van der Waals surface area contributed by atoms with E-state index >= 15 is 0 Å². The summed E-state index contributed by atoms with van der Waals surface area (Å²) in [5.41, 5.74) is 0.656. The third-order valence-electron chi connectivity index (χ3n) is 2.57. The molecule has 2 rings (SSSR count). The lowest BCUT2D eigenvalue weighted by Crippen LogP contribution is -1.93. The van der Waals surface area contributed by atoms with Crippen LogP contribution in [0.15, 0.2) is 36.4 Å². The molecule has 0 aromatic heterocycles. The van der Waals surface area contributed by atoms with Crippen LogP contribution in [0.5, 0.6) is 11.5 Å². The average molecular weight is 301 g/mol. The second kappa shape index (κ2) is 5.78. The second-order valence-corrected chi connectivity index (χ2v) is 4.83. The SMILES string of the molecule is CC(O)c1ccc(Oc2cccc(Cl)c2F)c(Cl)c1. The zero-order valence-electron chi connectivity index (χ0n) is 10.0. The van der Waals surface area contributed by atoms with Crippen molar-refractivity contribution in [1.82, 2.24) is 0 Å². The normalized spacial score (nSPS) is 12.3. The van der Waals surface area contributed by atoms with Gasteiger partial charge in [-0.05, 0) is 36.8 Å². The van der Waals surface area contributed by atoms with E-state index < -0.39 is 11.9 Å². The molecule has 0 fully saturated rings. The van der Waals surface area contributed by atoms with Gasteiger partial charge >= 0.3 is 0 Å². The highest BCUT2D eigenvalue weighted by Gasteiger charge is 2.11.